The number of benzene rings is 2. The molecule has 1 amide bonds. The second-order valence-corrected chi connectivity index (χ2v) is 8.43. The van der Waals surface area contributed by atoms with Crippen LogP contribution in [0.5, 0.6) is 0 Å². The zero-order valence-corrected chi connectivity index (χ0v) is 15.6. The standard InChI is InChI=1S/C22H24F2N2O2/c23-17-6-4-16(5-7-17)22-10-21(11-22,14-27)12-26(13-22)20(28)19(25)9-15-2-1-3-18(24)8-15/h1-8,19,27H,9-14,25H2. The summed E-state index contributed by atoms with van der Waals surface area (Å²) < 4.78 is 26.7. The van der Waals surface area contributed by atoms with Crippen molar-refractivity contribution in [2.45, 2.75) is 30.7 Å². The first kappa shape index (κ1) is 19.0. The number of nitrogens with zero attached hydrogens (tertiary/aromatic N) is 1. The van der Waals surface area contributed by atoms with Crippen molar-refractivity contribution in [1.29, 1.82) is 0 Å². The van der Waals surface area contributed by atoms with Crippen LogP contribution in [-0.4, -0.2) is 41.7 Å². The van der Waals surface area contributed by atoms with Gasteiger partial charge in [-0.25, -0.2) is 8.78 Å². The number of rotatable bonds is 5. The first-order chi connectivity index (χ1) is 13.3. The lowest BCUT2D eigenvalue weighted by atomic mass is 9.48. The number of piperidine rings is 2. The molecule has 2 aromatic rings. The summed E-state index contributed by atoms with van der Waals surface area (Å²) in [6, 6.07) is 11.7. The topological polar surface area (TPSA) is 66.6 Å². The summed E-state index contributed by atoms with van der Waals surface area (Å²) in [5.41, 5.74) is 7.20. The van der Waals surface area contributed by atoms with E-state index in [9.17, 15) is 18.7 Å². The number of aliphatic hydroxyl groups excluding tert-OH is 1. The van der Waals surface area contributed by atoms with E-state index in [4.69, 9.17) is 5.73 Å². The van der Waals surface area contributed by atoms with Gasteiger partial charge in [-0.2, -0.15) is 0 Å². The van der Waals surface area contributed by atoms with Gasteiger partial charge in [-0.15, -0.1) is 0 Å². The summed E-state index contributed by atoms with van der Waals surface area (Å²) in [4.78, 5) is 14.7. The van der Waals surface area contributed by atoms with Gasteiger partial charge in [0.15, 0.2) is 0 Å². The third-order valence-electron chi connectivity index (χ3n) is 6.21. The van der Waals surface area contributed by atoms with Gasteiger partial charge in [0.1, 0.15) is 11.6 Å². The maximum atomic E-state index is 13.4. The Balaban J connectivity index is 1.52. The molecule has 0 aromatic heterocycles. The number of fused-ring (bicyclic) bond motifs is 2. The molecule has 3 aliphatic rings. The maximum absolute atomic E-state index is 13.4. The lowest BCUT2D eigenvalue weighted by molar-refractivity contribution is -0.155. The first-order valence-corrected chi connectivity index (χ1v) is 9.51. The van der Waals surface area contributed by atoms with Crippen molar-refractivity contribution in [3.05, 3.63) is 71.3 Å². The van der Waals surface area contributed by atoms with Crippen molar-refractivity contribution in [2.24, 2.45) is 11.1 Å². The molecule has 148 valence electrons. The molecule has 1 aliphatic carbocycles. The molecule has 28 heavy (non-hydrogen) atoms. The number of carbonyl (C=O) groups excluding carboxylic acids is 1. The smallest absolute Gasteiger partial charge is 0.239 e. The van der Waals surface area contributed by atoms with Gasteiger partial charge in [0.05, 0.1) is 12.6 Å². The van der Waals surface area contributed by atoms with E-state index in [0.29, 0.717) is 18.7 Å². The Hall–Kier alpha value is -2.31. The number of amides is 1. The molecule has 1 atom stereocenters. The van der Waals surface area contributed by atoms with Crippen molar-refractivity contribution < 1.29 is 18.7 Å². The molecule has 0 spiro atoms. The van der Waals surface area contributed by atoms with Crippen molar-refractivity contribution in [3.63, 3.8) is 0 Å². The minimum absolute atomic E-state index is 0.00113. The summed E-state index contributed by atoms with van der Waals surface area (Å²) in [6.45, 7) is 0.955. The summed E-state index contributed by atoms with van der Waals surface area (Å²) in [5, 5.41) is 9.93. The van der Waals surface area contributed by atoms with Gasteiger partial charge in [-0.3, -0.25) is 4.79 Å². The Morgan fingerprint density at radius 3 is 2.46 bits per heavy atom. The zero-order chi connectivity index (χ0) is 19.9. The molecular weight excluding hydrogens is 362 g/mol. The SMILES string of the molecule is NC(Cc1cccc(F)c1)C(=O)N1CC2(CO)CC(c3ccc(F)cc3)(C1)C2. The van der Waals surface area contributed by atoms with Crippen LogP contribution in [0.1, 0.15) is 24.0 Å². The summed E-state index contributed by atoms with van der Waals surface area (Å²) in [6.07, 6.45) is 1.79. The molecule has 3 N–H and O–H groups in total. The fraction of sp³-hybridized carbons (Fsp3) is 0.409. The van der Waals surface area contributed by atoms with Crippen LogP contribution in [0.4, 0.5) is 8.78 Å². The second kappa shape index (κ2) is 6.94. The highest BCUT2D eigenvalue weighted by Crippen LogP contribution is 2.59. The van der Waals surface area contributed by atoms with Gasteiger partial charge in [0.2, 0.25) is 5.91 Å². The fourth-order valence-electron chi connectivity index (χ4n) is 5.09. The maximum Gasteiger partial charge on any atom is 0.239 e. The number of nitrogens with two attached hydrogens (primary N) is 1. The van der Waals surface area contributed by atoms with Gasteiger partial charge in [0, 0.05) is 23.9 Å². The van der Waals surface area contributed by atoms with E-state index in [1.165, 1.54) is 24.3 Å². The van der Waals surface area contributed by atoms with Crippen LogP contribution < -0.4 is 5.73 Å². The van der Waals surface area contributed by atoms with Crippen LogP contribution in [0.25, 0.3) is 0 Å². The lowest BCUT2D eigenvalue weighted by Crippen LogP contribution is -2.68. The van der Waals surface area contributed by atoms with E-state index in [1.807, 2.05) is 0 Å². The quantitative estimate of drug-likeness (QED) is 0.829. The van der Waals surface area contributed by atoms with Crippen molar-refractivity contribution >= 4 is 5.91 Å². The average molecular weight is 386 g/mol. The number of carbonyl (C=O) groups is 1. The highest BCUT2D eigenvalue weighted by Gasteiger charge is 2.60. The summed E-state index contributed by atoms with van der Waals surface area (Å²) >= 11 is 0. The third kappa shape index (κ3) is 3.31. The Kier molecular flexibility index (Phi) is 4.71. The average Bonchev–Trinajstić information content (AvgIpc) is 2.67. The van der Waals surface area contributed by atoms with E-state index in [2.05, 4.69) is 0 Å². The zero-order valence-electron chi connectivity index (χ0n) is 15.6. The molecule has 4 nitrogen and oxygen atoms in total. The van der Waals surface area contributed by atoms with Crippen molar-refractivity contribution in [2.75, 3.05) is 19.7 Å². The predicted octanol–water partition coefficient (Wildman–Crippen LogP) is 2.39. The molecule has 3 fully saturated rings. The summed E-state index contributed by atoms with van der Waals surface area (Å²) in [5.74, 6) is -0.854. The van der Waals surface area contributed by atoms with E-state index < -0.39 is 6.04 Å². The van der Waals surface area contributed by atoms with Crippen LogP contribution in [-0.2, 0) is 16.6 Å². The van der Waals surface area contributed by atoms with Gasteiger partial charge < -0.3 is 15.7 Å². The van der Waals surface area contributed by atoms with Crippen molar-refractivity contribution in [1.82, 2.24) is 4.90 Å². The van der Waals surface area contributed by atoms with Crippen LogP contribution in [0.3, 0.4) is 0 Å². The number of halogens is 2. The molecule has 6 heteroatoms. The molecule has 2 aliphatic heterocycles. The number of hydrogen-bond acceptors (Lipinski definition) is 3. The van der Waals surface area contributed by atoms with E-state index in [1.54, 1.807) is 29.2 Å². The molecule has 2 heterocycles. The van der Waals surface area contributed by atoms with E-state index in [-0.39, 0.29) is 41.4 Å². The highest BCUT2D eigenvalue weighted by molar-refractivity contribution is 5.82. The molecule has 2 aromatic carbocycles. The highest BCUT2D eigenvalue weighted by atomic mass is 19.1. The second-order valence-electron chi connectivity index (χ2n) is 8.43. The predicted molar refractivity (Wildman–Crippen MR) is 101 cm³/mol. The molecular formula is C22H24F2N2O2. The Bertz CT molecular complexity index is 878. The van der Waals surface area contributed by atoms with Crippen molar-refractivity contribution in [3.8, 4) is 0 Å². The van der Waals surface area contributed by atoms with Gasteiger partial charge in [0.25, 0.3) is 0 Å². The molecule has 5 rings (SSSR count). The lowest BCUT2D eigenvalue weighted by Gasteiger charge is -2.63. The molecule has 2 bridgehead atoms. The van der Waals surface area contributed by atoms with E-state index >= 15 is 0 Å². The monoisotopic (exact) mass is 386 g/mol. The number of aliphatic hydroxyl groups is 1. The minimum atomic E-state index is -0.777. The third-order valence-corrected chi connectivity index (χ3v) is 6.21. The minimum Gasteiger partial charge on any atom is -0.396 e. The Morgan fingerprint density at radius 1 is 1.11 bits per heavy atom. The molecule has 1 saturated carbocycles. The Labute approximate surface area is 163 Å². The van der Waals surface area contributed by atoms with Crippen LogP contribution in [0.15, 0.2) is 48.5 Å². The van der Waals surface area contributed by atoms with Gasteiger partial charge in [-0.1, -0.05) is 24.3 Å². The normalized spacial score (nSPS) is 27.2. The molecule has 2 saturated heterocycles. The fourth-order valence-corrected chi connectivity index (χ4v) is 5.09. The van der Waals surface area contributed by atoms with Crippen LogP contribution >= 0.6 is 0 Å². The van der Waals surface area contributed by atoms with E-state index in [0.717, 1.165) is 18.4 Å². The Morgan fingerprint density at radius 2 is 1.82 bits per heavy atom. The first-order valence-electron chi connectivity index (χ1n) is 9.51. The van der Waals surface area contributed by atoms with Gasteiger partial charge >= 0.3 is 0 Å². The number of hydrogen-bond donors (Lipinski definition) is 2. The van der Waals surface area contributed by atoms with Crippen LogP contribution in [0, 0.1) is 17.0 Å². The van der Waals surface area contributed by atoms with Crippen LogP contribution in [0.2, 0.25) is 0 Å². The molecule has 1 unspecified atom stereocenters. The largest absolute Gasteiger partial charge is 0.396 e. The summed E-state index contributed by atoms with van der Waals surface area (Å²) in [7, 11) is 0. The molecule has 0 radical (unpaired) electrons. The van der Waals surface area contributed by atoms with Gasteiger partial charge in [-0.05, 0) is 54.7 Å².